The summed E-state index contributed by atoms with van der Waals surface area (Å²) in [6.07, 6.45) is 3.17. The summed E-state index contributed by atoms with van der Waals surface area (Å²) in [7, 11) is 0. The standard InChI is InChI=1S/C15H11Br2NO/c16-12-3-1-11(2-4-12)15(19)9-10-18-14-7-5-13(17)6-8-14/h1-10,18H/b10-9+. The number of anilines is 1. The van der Waals surface area contributed by atoms with Crippen LogP contribution in [-0.2, 0) is 0 Å². The topological polar surface area (TPSA) is 29.1 Å². The molecular weight excluding hydrogens is 370 g/mol. The quantitative estimate of drug-likeness (QED) is 0.595. The van der Waals surface area contributed by atoms with Gasteiger partial charge in [0, 0.05) is 32.5 Å². The molecule has 0 amide bonds. The second kappa shape index (κ2) is 6.68. The third-order valence-electron chi connectivity index (χ3n) is 2.46. The Morgan fingerprint density at radius 1 is 0.895 bits per heavy atom. The van der Waals surface area contributed by atoms with Crippen LogP contribution in [0.25, 0.3) is 0 Å². The number of halogens is 2. The molecule has 0 bridgehead atoms. The van der Waals surface area contributed by atoms with Crippen molar-refractivity contribution in [2.45, 2.75) is 0 Å². The van der Waals surface area contributed by atoms with Crippen molar-refractivity contribution in [2.24, 2.45) is 0 Å². The van der Waals surface area contributed by atoms with Crippen molar-refractivity contribution < 1.29 is 4.79 Å². The van der Waals surface area contributed by atoms with Crippen LogP contribution in [0.1, 0.15) is 10.4 Å². The molecule has 0 aliphatic rings. The summed E-state index contributed by atoms with van der Waals surface area (Å²) < 4.78 is 1.98. The van der Waals surface area contributed by atoms with Gasteiger partial charge in [-0.3, -0.25) is 4.79 Å². The van der Waals surface area contributed by atoms with E-state index in [2.05, 4.69) is 37.2 Å². The molecule has 19 heavy (non-hydrogen) atoms. The molecule has 2 aromatic carbocycles. The first-order chi connectivity index (χ1) is 9.15. The fraction of sp³-hybridized carbons (Fsp3) is 0. The largest absolute Gasteiger partial charge is 0.362 e. The smallest absolute Gasteiger partial charge is 0.187 e. The molecule has 2 rings (SSSR count). The van der Waals surface area contributed by atoms with E-state index < -0.39 is 0 Å². The van der Waals surface area contributed by atoms with Crippen molar-refractivity contribution in [1.29, 1.82) is 0 Å². The van der Waals surface area contributed by atoms with Gasteiger partial charge in [-0.2, -0.15) is 0 Å². The van der Waals surface area contributed by atoms with Crippen molar-refractivity contribution in [3.05, 3.63) is 75.3 Å². The number of benzene rings is 2. The molecule has 0 aliphatic heterocycles. The highest BCUT2D eigenvalue weighted by Crippen LogP contribution is 2.14. The fourth-order valence-electron chi connectivity index (χ4n) is 1.47. The molecule has 96 valence electrons. The molecule has 0 aliphatic carbocycles. The molecule has 0 aromatic heterocycles. The van der Waals surface area contributed by atoms with Gasteiger partial charge >= 0.3 is 0 Å². The molecular formula is C15H11Br2NO. The van der Waals surface area contributed by atoms with Gasteiger partial charge in [0.15, 0.2) is 5.78 Å². The molecule has 0 atom stereocenters. The van der Waals surface area contributed by atoms with Gasteiger partial charge in [0.05, 0.1) is 0 Å². The SMILES string of the molecule is O=C(/C=C/Nc1ccc(Br)cc1)c1ccc(Br)cc1. The van der Waals surface area contributed by atoms with Crippen LogP contribution in [0, 0.1) is 0 Å². The first kappa shape index (κ1) is 14.0. The van der Waals surface area contributed by atoms with Crippen LogP contribution in [0.15, 0.2) is 69.8 Å². The number of allylic oxidation sites excluding steroid dienone is 1. The number of carbonyl (C=O) groups is 1. The Kier molecular flexibility index (Phi) is 4.93. The predicted octanol–water partition coefficient (Wildman–Crippen LogP) is 5.02. The van der Waals surface area contributed by atoms with Gasteiger partial charge < -0.3 is 5.32 Å². The molecule has 0 fully saturated rings. The van der Waals surface area contributed by atoms with Crippen molar-refractivity contribution >= 4 is 43.3 Å². The summed E-state index contributed by atoms with van der Waals surface area (Å²) in [5.74, 6) is -0.0305. The molecule has 0 heterocycles. The fourth-order valence-corrected chi connectivity index (χ4v) is 2.00. The van der Waals surface area contributed by atoms with Crippen molar-refractivity contribution in [3.63, 3.8) is 0 Å². The summed E-state index contributed by atoms with van der Waals surface area (Å²) in [5, 5.41) is 3.05. The summed E-state index contributed by atoms with van der Waals surface area (Å²) in [4.78, 5) is 11.9. The number of nitrogens with one attached hydrogen (secondary N) is 1. The van der Waals surface area contributed by atoms with Gasteiger partial charge in [0.2, 0.25) is 0 Å². The van der Waals surface area contributed by atoms with Gasteiger partial charge in [0.25, 0.3) is 0 Å². The lowest BCUT2D eigenvalue weighted by Crippen LogP contribution is -1.95. The van der Waals surface area contributed by atoms with E-state index in [1.54, 1.807) is 18.3 Å². The Labute approximate surface area is 128 Å². The van der Waals surface area contributed by atoms with Crippen molar-refractivity contribution in [2.75, 3.05) is 5.32 Å². The zero-order valence-corrected chi connectivity index (χ0v) is 13.1. The Balaban J connectivity index is 1.97. The van der Waals surface area contributed by atoms with E-state index >= 15 is 0 Å². The maximum Gasteiger partial charge on any atom is 0.187 e. The molecule has 0 radical (unpaired) electrons. The van der Waals surface area contributed by atoms with E-state index in [1.165, 1.54) is 6.08 Å². The van der Waals surface area contributed by atoms with Gasteiger partial charge in [-0.1, -0.05) is 31.9 Å². The van der Waals surface area contributed by atoms with E-state index in [0.717, 1.165) is 14.6 Å². The Morgan fingerprint density at radius 2 is 1.42 bits per heavy atom. The first-order valence-corrected chi connectivity index (χ1v) is 7.22. The first-order valence-electron chi connectivity index (χ1n) is 5.64. The van der Waals surface area contributed by atoms with Crippen LogP contribution in [-0.4, -0.2) is 5.78 Å². The van der Waals surface area contributed by atoms with Crippen LogP contribution < -0.4 is 5.32 Å². The van der Waals surface area contributed by atoms with Gasteiger partial charge in [0.1, 0.15) is 0 Å². The Bertz CT molecular complexity index is 589. The number of carbonyl (C=O) groups excluding carboxylic acids is 1. The molecule has 2 nitrogen and oxygen atoms in total. The summed E-state index contributed by atoms with van der Waals surface area (Å²) in [6.45, 7) is 0. The molecule has 0 spiro atoms. The van der Waals surface area contributed by atoms with E-state index in [4.69, 9.17) is 0 Å². The van der Waals surface area contributed by atoms with E-state index in [1.807, 2.05) is 36.4 Å². The third kappa shape index (κ3) is 4.33. The van der Waals surface area contributed by atoms with Crippen LogP contribution in [0.3, 0.4) is 0 Å². The van der Waals surface area contributed by atoms with E-state index in [0.29, 0.717) is 5.56 Å². The van der Waals surface area contributed by atoms with Crippen molar-refractivity contribution in [1.82, 2.24) is 0 Å². The van der Waals surface area contributed by atoms with Crippen LogP contribution >= 0.6 is 31.9 Å². The van der Waals surface area contributed by atoms with Crippen molar-refractivity contribution in [3.8, 4) is 0 Å². The zero-order valence-electron chi connectivity index (χ0n) is 9.94. The van der Waals surface area contributed by atoms with E-state index in [9.17, 15) is 4.79 Å². The minimum atomic E-state index is -0.0305. The number of ketones is 1. The molecule has 0 saturated heterocycles. The molecule has 2 aromatic rings. The zero-order chi connectivity index (χ0) is 13.7. The predicted molar refractivity (Wildman–Crippen MR) is 85.4 cm³/mol. The van der Waals surface area contributed by atoms with Crippen LogP contribution in [0.2, 0.25) is 0 Å². The monoisotopic (exact) mass is 379 g/mol. The molecule has 0 saturated carbocycles. The normalized spacial score (nSPS) is 10.6. The van der Waals surface area contributed by atoms with Crippen LogP contribution in [0.4, 0.5) is 5.69 Å². The van der Waals surface area contributed by atoms with Gasteiger partial charge in [-0.15, -0.1) is 0 Å². The lowest BCUT2D eigenvalue weighted by molar-refractivity contribution is 0.104. The molecule has 0 unspecified atom stereocenters. The average molecular weight is 381 g/mol. The highest BCUT2D eigenvalue weighted by atomic mass is 79.9. The maximum atomic E-state index is 11.9. The summed E-state index contributed by atoms with van der Waals surface area (Å²) >= 11 is 6.71. The third-order valence-corrected chi connectivity index (χ3v) is 3.52. The number of rotatable bonds is 4. The minimum absolute atomic E-state index is 0.0305. The second-order valence-electron chi connectivity index (χ2n) is 3.86. The summed E-state index contributed by atoms with van der Waals surface area (Å²) in [6, 6.07) is 15.0. The minimum Gasteiger partial charge on any atom is -0.362 e. The number of hydrogen-bond acceptors (Lipinski definition) is 2. The van der Waals surface area contributed by atoms with E-state index in [-0.39, 0.29) is 5.78 Å². The van der Waals surface area contributed by atoms with Gasteiger partial charge in [-0.25, -0.2) is 0 Å². The molecule has 1 N–H and O–H groups in total. The van der Waals surface area contributed by atoms with Gasteiger partial charge in [-0.05, 0) is 48.5 Å². The lowest BCUT2D eigenvalue weighted by Gasteiger charge is -2.00. The highest BCUT2D eigenvalue weighted by Gasteiger charge is 2.00. The lowest BCUT2D eigenvalue weighted by atomic mass is 10.1. The second-order valence-corrected chi connectivity index (χ2v) is 5.69. The Hall–Kier alpha value is -1.39. The van der Waals surface area contributed by atoms with Crippen LogP contribution in [0.5, 0.6) is 0 Å². The maximum absolute atomic E-state index is 11.9. The highest BCUT2D eigenvalue weighted by molar-refractivity contribution is 9.10. The number of hydrogen-bond donors (Lipinski definition) is 1. The summed E-state index contributed by atoms with van der Waals surface area (Å²) in [5.41, 5.74) is 1.60. The average Bonchev–Trinajstić information content (AvgIpc) is 2.41. The Morgan fingerprint density at radius 3 is 2.00 bits per heavy atom. The molecule has 4 heteroatoms.